The van der Waals surface area contributed by atoms with Crippen molar-refractivity contribution < 1.29 is 0 Å². The quantitative estimate of drug-likeness (QED) is 0.170. The lowest BCUT2D eigenvalue weighted by Crippen LogP contribution is -2.15. The van der Waals surface area contributed by atoms with Gasteiger partial charge in [-0.05, 0) is 123 Å². The second-order valence-electron chi connectivity index (χ2n) is 14.9. The normalized spacial score (nSPS) is 15.0. The highest BCUT2D eigenvalue weighted by Gasteiger charge is 2.37. The third-order valence-corrected chi connectivity index (χ3v) is 11.7. The molecule has 0 aromatic heterocycles. The summed E-state index contributed by atoms with van der Waals surface area (Å²) in [6, 6.07) is 55.0. The SMILES string of the molecule is CC1(C)c2ccccc2-c2ccc(-c3ccc4c(c3)C(C)(C)c3cc(-c5ccc6c7ccccc7c7ccccc7c6c5)ccc3-4)cc21. The predicted octanol–water partition coefficient (Wildman–Crippen LogP) is 13.1. The highest BCUT2D eigenvalue weighted by Crippen LogP contribution is 2.52. The zero-order valence-corrected chi connectivity index (χ0v) is 27.9. The minimum absolute atomic E-state index is 0.00722. The molecule has 48 heavy (non-hydrogen) atoms. The highest BCUT2D eigenvalue weighted by atomic mass is 14.4. The van der Waals surface area contributed by atoms with Crippen LogP contribution in [0.15, 0.2) is 146 Å². The first-order valence-corrected chi connectivity index (χ1v) is 17.2. The molecule has 0 atom stereocenters. The van der Waals surface area contributed by atoms with Gasteiger partial charge in [-0.15, -0.1) is 0 Å². The Labute approximate surface area is 282 Å². The van der Waals surface area contributed by atoms with Gasteiger partial charge in [-0.2, -0.15) is 0 Å². The molecular weight excluding hydrogens is 577 g/mol. The molecule has 8 aromatic rings. The van der Waals surface area contributed by atoms with Crippen LogP contribution in [0.25, 0.3) is 76.8 Å². The van der Waals surface area contributed by atoms with Crippen molar-refractivity contribution in [3.8, 4) is 44.5 Å². The second-order valence-corrected chi connectivity index (χ2v) is 14.9. The second kappa shape index (κ2) is 9.55. The van der Waals surface area contributed by atoms with Crippen molar-refractivity contribution in [2.24, 2.45) is 0 Å². The fourth-order valence-corrected chi connectivity index (χ4v) is 9.07. The average Bonchev–Trinajstić information content (AvgIpc) is 3.50. The van der Waals surface area contributed by atoms with Crippen LogP contribution in [0, 0.1) is 0 Å². The Morgan fingerprint density at radius 1 is 0.271 bits per heavy atom. The lowest BCUT2D eigenvalue weighted by Gasteiger charge is -2.23. The Hall–Kier alpha value is -5.46. The van der Waals surface area contributed by atoms with Gasteiger partial charge in [0.15, 0.2) is 0 Å². The van der Waals surface area contributed by atoms with Crippen molar-refractivity contribution in [3.05, 3.63) is 168 Å². The van der Waals surface area contributed by atoms with Crippen molar-refractivity contribution >= 4 is 32.3 Å². The number of hydrogen-bond donors (Lipinski definition) is 0. The van der Waals surface area contributed by atoms with E-state index in [0.717, 1.165) is 0 Å². The summed E-state index contributed by atoms with van der Waals surface area (Å²) in [5.41, 5.74) is 16.1. The molecule has 8 aromatic carbocycles. The molecule has 0 saturated heterocycles. The first-order valence-electron chi connectivity index (χ1n) is 17.2. The minimum Gasteiger partial charge on any atom is -0.0619 e. The van der Waals surface area contributed by atoms with Crippen LogP contribution in [0.4, 0.5) is 0 Å². The lowest BCUT2D eigenvalue weighted by molar-refractivity contribution is 0.659. The van der Waals surface area contributed by atoms with E-state index in [9.17, 15) is 0 Å². The highest BCUT2D eigenvalue weighted by molar-refractivity contribution is 6.25. The Balaban J connectivity index is 1.06. The molecule has 0 fully saturated rings. The van der Waals surface area contributed by atoms with Gasteiger partial charge in [0.1, 0.15) is 0 Å². The van der Waals surface area contributed by atoms with E-state index >= 15 is 0 Å². The standard InChI is InChI=1S/C48H36/c1-47(2)43-16-10-9-15-38(43)39-22-19-31(27-44(39)47)32-20-24-41-40-23-18-30(26-45(40)48(3,4)46(41)28-32)29-17-21-37-35-13-6-5-11-33(35)34-12-7-8-14-36(34)42(37)25-29/h5-28H,1-4H3. The number of rotatable bonds is 2. The summed E-state index contributed by atoms with van der Waals surface area (Å²) in [4.78, 5) is 0. The smallest absolute Gasteiger partial charge is 0.0159 e. The van der Waals surface area contributed by atoms with Crippen molar-refractivity contribution in [2.75, 3.05) is 0 Å². The Bertz CT molecular complexity index is 2630. The molecule has 0 nitrogen and oxygen atoms in total. The van der Waals surface area contributed by atoms with E-state index in [2.05, 4.69) is 173 Å². The summed E-state index contributed by atoms with van der Waals surface area (Å²) < 4.78 is 0. The summed E-state index contributed by atoms with van der Waals surface area (Å²) in [6.07, 6.45) is 0. The molecular formula is C48H36. The maximum atomic E-state index is 2.46. The summed E-state index contributed by atoms with van der Waals surface area (Å²) >= 11 is 0. The van der Waals surface area contributed by atoms with Crippen LogP contribution in [0.2, 0.25) is 0 Å². The molecule has 0 amide bonds. The van der Waals surface area contributed by atoms with E-state index in [4.69, 9.17) is 0 Å². The average molecular weight is 613 g/mol. The van der Waals surface area contributed by atoms with Gasteiger partial charge in [0.2, 0.25) is 0 Å². The minimum atomic E-state index is -0.108. The van der Waals surface area contributed by atoms with Crippen LogP contribution in [0.5, 0.6) is 0 Å². The molecule has 0 spiro atoms. The van der Waals surface area contributed by atoms with E-state index in [-0.39, 0.29) is 10.8 Å². The summed E-state index contributed by atoms with van der Waals surface area (Å²) in [6.45, 7) is 9.52. The van der Waals surface area contributed by atoms with Crippen LogP contribution < -0.4 is 0 Å². The molecule has 0 unspecified atom stereocenters. The third-order valence-electron chi connectivity index (χ3n) is 11.7. The van der Waals surface area contributed by atoms with Crippen LogP contribution in [-0.4, -0.2) is 0 Å². The molecule has 0 N–H and O–H groups in total. The van der Waals surface area contributed by atoms with Crippen LogP contribution >= 0.6 is 0 Å². The van der Waals surface area contributed by atoms with E-state index in [1.807, 2.05) is 0 Å². The van der Waals surface area contributed by atoms with Gasteiger partial charge in [-0.1, -0.05) is 149 Å². The van der Waals surface area contributed by atoms with Crippen molar-refractivity contribution in [1.82, 2.24) is 0 Å². The maximum Gasteiger partial charge on any atom is 0.0159 e. The summed E-state index contributed by atoms with van der Waals surface area (Å²) in [7, 11) is 0. The molecule has 0 saturated carbocycles. The number of hydrogen-bond acceptors (Lipinski definition) is 0. The molecule has 2 aliphatic carbocycles. The molecule has 0 bridgehead atoms. The number of benzene rings is 8. The predicted molar refractivity (Wildman–Crippen MR) is 205 cm³/mol. The van der Waals surface area contributed by atoms with Crippen LogP contribution in [0.3, 0.4) is 0 Å². The van der Waals surface area contributed by atoms with Crippen molar-refractivity contribution in [3.63, 3.8) is 0 Å². The molecule has 0 heteroatoms. The Morgan fingerprint density at radius 2 is 0.604 bits per heavy atom. The van der Waals surface area contributed by atoms with Gasteiger partial charge in [0.05, 0.1) is 0 Å². The van der Waals surface area contributed by atoms with Gasteiger partial charge in [0.25, 0.3) is 0 Å². The van der Waals surface area contributed by atoms with Gasteiger partial charge in [0, 0.05) is 10.8 Å². The first-order chi connectivity index (χ1) is 23.3. The molecule has 0 radical (unpaired) electrons. The van der Waals surface area contributed by atoms with Crippen LogP contribution in [0.1, 0.15) is 49.9 Å². The zero-order chi connectivity index (χ0) is 32.4. The first kappa shape index (κ1) is 27.6. The zero-order valence-electron chi connectivity index (χ0n) is 27.9. The largest absolute Gasteiger partial charge is 0.0619 e. The molecule has 2 aliphatic rings. The van der Waals surface area contributed by atoms with E-state index in [0.29, 0.717) is 0 Å². The molecule has 228 valence electrons. The van der Waals surface area contributed by atoms with Crippen molar-refractivity contribution in [2.45, 2.75) is 38.5 Å². The van der Waals surface area contributed by atoms with E-state index < -0.39 is 0 Å². The fourth-order valence-electron chi connectivity index (χ4n) is 9.07. The topological polar surface area (TPSA) is 0 Å². The fraction of sp³-hybridized carbons (Fsp3) is 0.125. The Morgan fingerprint density at radius 3 is 1.10 bits per heavy atom. The monoisotopic (exact) mass is 612 g/mol. The molecule has 0 heterocycles. The van der Waals surface area contributed by atoms with Gasteiger partial charge in [-0.3, -0.25) is 0 Å². The maximum absolute atomic E-state index is 2.46. The van der Waals surface area contributed by atoms with Gasteiger partial charge < -0.3 is 0 Å². The van der Waals surface area contributed by atoms with Gasteiger partial charge in [-0.25, -0.2) is 0 Å². The van der Waals surface area contributed by atoms with E-state index in [1.165, 1.54) is 99.1 Å². The molecule has 0 aliphatic heterocycles. The van der Waals surface area contributed by atoms with Gasteiger partial charge >= 0.3 is 0 Å². The third kappa shape index (κ3) is 3.66. The van der Waals surface area contributed by atoms with Crippen LogP contribution in [-0.2, 0) is 10.8 Å². The van der Waals surface area contributed by atoms with E-state index in [1.54, 1.807) is 0 Å². The Kier molecular flexibility index (Phi) is 5.50. The number of fused-ring (bicyclic) bond motifs is 12. The summed E-state index contributed by atoms with van der Waals surface area (Å²) in [5.74, 6) is 0. The summed E-state index contributed by atoms with van der Waals surface area (Å²) in [5, 5.41) is 7.89. The van der Waals surface area contributed by atoms with Crippen molar-refractivity contribution in [1.29, 1.82) is 0 Å². The lowest BCUT2D eigenvalue weighted by atomic mass is 9.80. The molecule has 10 rings (SSSR count).